The van der Waals surface area contributed by atoms with Gasteiger partial charge < -0.3 is 19.9 Å². The fourth-order valence-electron chi connectivity index (χ4n) is 1.35. The van der Waals surface area contributed by atoms with E-state index in [0.29, 0.717) is 0 Å². The van der Waals surface area contributed by atoms with Crippen molar-refractivity contribution in [1.82, 2.24) is 5.32 Å². The minimum atomic E-state index is -1.19. The monoisotopic (exact) mass is 279 g/mol. The summed E-state index contributed by atoms with van der Waals surface area (Å²) in [6, 6.07) is 7.93. The topological polar surface area (TPSA) is 84.9 Å². The highest BCUT2D eigenvalue weighted by Gasteiger charge is 2.20. The van der Waals surface area contributed by atoms with Crippen molar-refractivity contribution in [2.45, 2.75) is 12.6 Å². The Balaban J connectivity index is 2.37. The number of alkyl carbamates (subject to hydrolysis) is 1. The van der Waals surface area contributed by atoms with Crippen LogP contribution in [0.1, 0.15) is 5.56 Å². The minimum absolute atomic E-state index is 0.0759. The zero-order valence-electron chi connectivity index (χ0n) is 11.0. The Labute approximate surface area is 117 Å². The first kappa shape index (κ1) is 15.7. The van der Waals surface area contributed by atoms with Crippen molar-refractivity contribution in [3.05, 3.63) is 48.6 Å². The van der Waals surface area contributed by atoms with E-state index in [-0.39, 0.29) is 19.8 Å². The number of rotatable bonds is 8. The molecule has 0 unspecified atom stereocenters. The van der Waals surface area contributed by atoms with Crippen LogP contribution in [-0.4, -0.2) is 36.4 Å². The predicted molar refractivity (Wildman–Crippen MR) is 72.2 cm³/mol. The lowest BCUT2D eigenvalue weighted by molar-refractivity contribution is -0.140. The Kier molecular flexibility index (Phi) is 6.84. The average Bonchev–Trinajstić information content (AvgIpc) is 2.45. The normalized spacial score (nSPS) is 11.4. The van der Waals surface area contributed by atoms with Gasteiger partial charge in [0.05, 0.1) is 13.2 Å². The van der Waals surface area contributed by atoms with E-state index in [1.165, 1.54) is 6.08 Å². The highest BCUT2D eigenvalue weighted by atomic mass is 16.5. The summed E-state index contributed by atoms with van der Waals surface area (Å²) in [5.41, 5.74) is 0.817. The molecule has 0 bridgehead atoms. The molecule has 1 atom stereocenters. The van der Waals surface area contributed by atoms with Crippen LogP contribution in [0.4, 0.5) is 4.79 Å². The second-order valence-electron chi connectivity index (χ2n) is 3.92. The summed E-state index contributed by atoms with van der Waals surface area (Å²) in [6.07, 6.45) is 0.690. The highest BCUT2D eigenvalue weighted by Crippen LogP contribution is 2.01. The van der Waals surface area contributed by atoms with Gasteiger partial charge in [0.1, 0.15) is 6.61 Å². The van der Waals surface area contributed by atoms with Crippen molar-refractivity contribution in [2.75, 3.05) is 13.2 Å². The molecular formula is C14H17NO5. The van der Waals surface area contributed by atoms with Gasteiger partial charge in [0.15, 0.2) is 6.04 Å². The molecule has 1 amide bonds. The molecule has 0 saturated heterocycles. The Morgan fingerprint density at radius 1 is 1.35 bits per heavy atom. The molecule has 0 aliphatic heterocycles. The largest absolute Gasteiger partial charge is 0.480 e. The van der Waals surface area contributed by atoms with E-state index in [0.717, 1.165) is 5.56 Å². The molecule has 0 spiro atoms. The summed E-state index contributed by atoms with van der Waals surface area (Å²) in [5.74, 6) is -1.19. The summed E-state index contributed by atoms with van der Waals surface area (Å²) < 4.78 is 9.93. The van der Waals surface area contributed by atoms with Crippen LogP contribution < -0.4 is 5.32 Å². The molecule has 0 aliphatic carbocycles. The summed E-state index contributed by atoms with van der Waals surface area (Å²) in [4.78, 5) is 22.4. The van der Waals surface area contributed by atoms with Crippen LogP contribution in [0.15, 0.2) is 43.0 Å². The number of carbonyl (C=O) groups excluding carboxylic acids is 1. The molecule has 1 aromatic rings. The standard InChI is InChI=1S/C14H17NO5/c1-2-8-19-10-12(13(16)17)15-14(18)20-9-11-6-4-3-5-7-11/h2-7,12H,1,8-10H2,(H,15,18)(H,16,17)/t12-/m0/s1. The number of hydrogen-bond donors (Lipinski definition) is 2. The Morgan fingerprint density at radius 2 is 2.05 bits per heavy atom. The zero-order chi connectivity index (χ0) is 14.8. The number of ether oxygens (including phenoxy) is 2. The van der Waals surface area contributed by atoms with Gasteiger partial charge in [0, 0.05) is 0 Å². The van der Waals surface area contributed by atoms with E-state index in [1.807, 2.05) is 18.2 Å². The van der Waals surface area contributed by atoms with Crippen LogP contribution in [0, 0.1) is 0 Å². The summed E-state index contributed by atoms with van der Waals surface area (Å²) in [6.45, 7) is 3.58. The molecule has 0 aliphatic rings. The quantitative estimate of drug-likeness (QED) is 0.557. The Hall–Kier alpha value is -2.34. The van der Waals surface area contributed by atoms with Gasteiger partial charge >= 0.3 is 12.1 Å². The maximum absolute atomic E-state index is 11.5. The SMILES string of the molecule is C=CCOC[C@H](NC(=O)OCc1ccccc1)C(=O)O. The first-order valence-electron chi connectivity index (χ1n) is 6.02. The second-order valence-corrected chi connectivity index (χ2v) is 3.92. The Bertz CT molecular complexity index is 446. The van der Waals surface area contributed by atoms with Crippen LogP contribution in [0.2, 0.25) is 0 Å². The van der Waals surface area contributed by atoms with Gasteiger partial charge in [-0.1, -0.05) is 36.4 Å². The van der Waals surface area contributed by atoms with Crippen molar-refractivity contribution in [2.24, 2.45) is 0 Å². The molecular weight excluding hydrogens is 262 g/mol. The lowest BCUT2D eigenvalue weighted by atomic mass is 10.2. The molecule has 6 nitrogen and oxygen atoms in total. The molecule has 0 fully saturated rings. The van der Waals surface area contributed by atoms with Gasteiger partial charge in [-0.3, -0.25) is 0 Å². The van der Waals surface area contributed by atoms with E-state index in [2.05, 4.69) is 11.9 Å². The van der Waals surface area contributed by atoms with E-state index in [9.17, 15) is 9.59 Å². The number of amides is 1. The smallest absolute Gasteiger partial charge is 0.408 e. The van der Waals surface area contributed by atoms with E-state index < -0.39 is 18.1 Å². The molecule has 20 heavy (non-hydrogen) atoms. The maximum atomic E-state index is 11.5. The molecule has 0 saturated carbocycles. The first-order valence-corrected chi connectivity index (χ1v) is 6.02. The molecule has 1 rings (SSSR count). The van der Waals surface area contributed by atoms with Gasteiger partial charge in [-0.05, 0) is 5.56 Å². The second kappa shape index (κ2) is 8.71. The molecule has 6 heteroatoms. The van der Waals surface area contributed by atoms with Gasteiger partial charge in [-0.25, -0.2) is 9.59 Å². The van der Waals surface area contributed by atoms with Crippen molar-refractivity contribution < 1.29 is 24.2 Å². The maximum Gasteiger partial charge on any atom is 0.408 e. The predicted octanol–water partition coefficient (Wildman–Crippen LogP) is 1.57. The van der Waals surface area contributed by atoms with Crippen LogP contribution >= 0.6 is 0 Å². The number of hydrogen-bond acceptors (Lipinski definition) is 4. The van der Waals surface area contributed by atoms with Gasteiger partial charge in [-0.2, -0.15) is 0 Å². The van der Waals surface area contributed by atoms with Crippen LogP contribution in [0.5, 0.6) is 0 Å². The molecule has 0 radical (unpaired) electrons. The van der Waals surface area contributed by atoms with Gasteiger partial charge in [0.25, 0.3) is 0 Å². The minimum Gasteiger partial charge on any atom is -0.480 e. The molecule has 0 heterocycles. The average molecular weight is 279 g/mol. The number of nitrogens with one attached hydrogen (secondary N) is 1. The van der Waals surface area contributed by atoms with Crippen LogP contribution in [0.25, 0.3) is 0 Å². The van der Waals surface area contributed by atoms with Crippen molar-refractivity contribution >= 4 is 12.1 Å². The third-order valence-corrected chi connectivity index (χ3v) is 2.32. The van der Waals surface area contributed by atoms with E-state index in [4.69, 9.17) is 14.6 Å². The fourth-order valence-corrected chi connectivity index (χ4v) is 1.35. The van der Waals surface area contributed by atoms with E-state index in [1.54, 1.807) is 12.1 Å². The van der Waals surface area contributed by atoms with Crippen molar-refractivity contribution in [3.8, 4) is 0 Å². The molecule has 0 aromatic heterocycles. The summed E-state index contributed by atoms with van der Waals surface area (Å²) in [5, 5.41) is 11.2. The lowest BCUT2D eigenvalue weighted by Crippen LogP contribution is -2.44. The van der Waals surface area contributed by atoms with Gasteiger partial charge in [-0.15, -0.1) is 6.58 Å². The third kappa shape index (κ3) is 6.01. The lowest BCUT2D eigenvalue weighted by Gasteiger charge is -2.14. The zero-order valence-corrected chi connectivity index (χ0v) is 11.0. The molecule has 2 N–H and O–H groups in total. The number of aliphatic carboxylic acids is 1. The van der Waals surface area contributed by atoms with Crippen LogP contribution in [0.3, 0.4) is 0 Å². The Morgan fingerprint density at radius 3 is 2.65 bits per heavy atom. The van der Waals surface area contributed by atoms with Crippen LogP contribution in [-0.2, 0) is 20.9 Å². The number of carbonyl (C=O) groups is 2. The van der Waals surface area contributed by atoms with Crippen molar-refractivity contribution in [3.63, 3.8) is 0 Å². The summed E-state index contributed by atoms with van der Waals surface area (Å²) >= 11 is 0. The van der Waals surface area contributed by atoms with Crippen molar-refractivity contribution in [1.29, 1.82) is 0 Å². The fraction of sp³-hybridized carbons (Fsp3) is 0.286. The molecule has 108 valence electrons. The first-order chi connectivity index (χ1) is 9.63. The highest BCUT2D eigenvalue weighted by molar-refractivity contribution is 5.80. The number of carboxylic acids is 1. The molecule has 1 aromatic carbocycles. The third-order valence-electron chi connectivity index (χ3n) is 2.32. The van der Waals surface area contributed by atoms with E-state index >= 15 is 0 Å². The summed E-state index contributed by atoms with van der Waals surface area (Å²) in [7, 11) is 0. The van der Waals surface area contributed by atoms with Gasteiger partial charge in [0.2, 0.25) is 0 Å². The number of benzene rings is 1. The number of carboxylic acid groups (broad SMARTS) is 1.